The third-order valence-electron chi connectivity index (χ3n) is 2.29. The molecule has 1 aliphatic carbocycles. The van der Waals surface area contributed by atoms with E-state index in [-0.39, 0.29) is 24.7 Å². The molecule has 0 saturated heterocycles. The Bertz CT molecular complexity index is 298. The molecule has 0 aliphatic heterocycles. The number of carbonyl (C=O) groups is 2. The van der Waals surface area contributed by atoms with Crippen molar-refractivity contribution in [1.29, 1.82) is 0 Å². The molecule has 5 heteroatoms. The summed E-state index contributed by atoms with van der Waals surface area (Å²) in [6, 6.07) is -0.190. The zero-order valence-corrected chi connectivity index (χ0v) is 9.47. The smallest absolute Gasteiger partial charge is 0.310 e. The number of hydrogen-bond donors (Lipinski definition) is 2. The van der Waals surface area contributed by atoms with Crippen molar-refractivity contribution in [3.8, 4) is 0 Å². The molecule has 2 atom stereocenters. The summed E-state index contributed by atoms with van der Waals surface area (Å²) in [6.45, 7) is 3.71. The molecular formula is C11H17NO4. The molecule has 1 amide bonds. The lowest BCUT2D eigenvalue weighted by Gasteiger charge is -2.13. The molecule has 0 fully saturated rings. The predicted octanol–water partition coefficient (Wildman–Crippen LogP) is 0.557. The number of ether oxygens (including phenoxy) is 1. The second kappa shape index (κ2) is 5.65. The molecule has 0 aromatic heterocycles. The Hall–Kier alpha value is -1.36. The molecule has 0 bridgehead atoms. The van der Waals surface area contributed by atoms with Crippen molar-refractivity contribution in [2.24, 2.45) is 5.92 Å². The highest BCUT2D eigenvalue weighted by Crippen LogP contribution is 2.17. The van der Waals surface area contributed by atoms with Gasteiger partial charge in [-0.2, -0.15) is 0 Å². The van der Waals surface area contributed by atoms with E-state index in [0.29, 0.717) is 6.42 Å². The van der Waals surface area contributed by atoms with E-state index in [9.17, 15) is 9.59 Å². The summed E-state index contributed by atoms with van der Waals surface area (Å²) in [7, 11) is 0. The Labute approximate surface area is 94.5 Å². The minimum atomic E-state index is -0.855. The summed E-state index contributed by atoms with van der Waals surface area (Å²) in [6.07, 6.45) is 3.75. The largest absolute Gasteiger partial charge is 0.481 e. The van der Waals surface area contributed by atoms with E-state index >= 15 is 0 Å². The van der Waals surface area contributed by atoms with Crippen LogP contribution in [0.25, 0.3) is 0 Å². The zero-order valence-electron chi connectivity index (χ0n) is 9.47. The van der Waals surface area contributed by atoms with E-state index in [1.165, 1.54) is 0 Å². The van der Waals surface area contributed by atoms with Crippen LogP contribution in [0.4, 0.5) is 0 Å². The summed E-state index contributed by atoms with van der Waals surface area (Å²) in [5.74, 6) is -1.56. The zero-order chi connectivity index (χ0) is 12.1. The van der Waals surface area contributed by atoms with E-state index in [4.69, 9.17) is 9.84 Å². The van der Waals surface area contributed by atoms with Crippen LogP contribution in [0.3, 0.4) is 0 Å². The molecule has 0 aromatic rings. The number of amides is 1. The number of carboxylic acid groups (broad SMARTS) is 1. The molecule has 2 unspecified atom stereocenters. The Morgan fingerprint density at radius 2 is 2.19 bits per heavy atom. The van der Waals surface area contributed by atoms with Crippen LogP contribution in [0.2, 0.25) is 0 Å². The van der Waals surface area contributed by atoms with Crippen molar-refractivity contribution in [3.05, 3.63) is 12.2 Å². The fourth-order valence-corrected chi connectivity index (χ4v) is 1.48. The molecule has 1 aliphatic rings. The summed E-state index contributed by atoms with van der Waals surface area (Å²) in [4.78, 5) is 22.0. The van der Waals surface area contributed by atoms with Crippen LogP contribution in [-0.4, -0.2) is 35.7 Å². The van der Waals surface area contributed by atoms with E-state index in [2.05, 4.69) is 5.32 Å². The summed E-state index contributed by atoms with van der Waals surface area (Å²) in [5.41, 5.74) is 0. The Balaban J connectivity index is 2.27. The monoisotopic (exact) mass is 227 g/mol. The average Bonchev–Trinajstić information content (AvgIpc) is 2.63. The molecule has 0 saturated carbocycles. The van der Waals surface area contributed by atoms with Gasteiger partial charge in [-0.15, -0.1) is 0 Å². The Kier molecular flexibility index (Phi) is 4.49. The highest BCUT2D eigenvalue weighted by Gasteiger charge is 2.25. The lowest BCUT2D eigenvalue weighted by molar-refractivity contribution is -0.140. The summed E-state index contributed by atoms with van der Waals surface area (Å²) < 4.78 is 5.14. The SMILES string of the molecule is CC(C)OCC(=O)NC1C=CC(C(=O)O)C1. The number of hydrogen-bond acceptors (Lipinski definition) is 3. The van der Waals surface area contributed by atoms with Crippen LogP contribution in [-0.2, 0) is 14.3 Å². The Morgan fingerprint density at radius 1 is 1.50 bits per heavy atom. The Morgan fingerprint density at radius 3 is 2.69 bits per heavy atom. The molecule has 90 valence electrons. The molecule has 0 aromatic carbocycles. The molecule has 0 spiro atoms. The van der Waals surface area contributed by atoms with Gasteiger partial charge in [-0.05, 0) is 20.3 Å². The van der Waals surface area contributed by atoms with Gasteiger partial charge < -0.3 is 15.2 Å². The topological polar surface area (TPSA) is 75.6 Å². The van der Waals surface area contributed by atoms with Crippen molar-refractivity contribution in [2.75, 3.05) is 6.61 Å². The molecular weight excluding hydrogens is 210 g/mol. The molecule has 1 rings (SSSR count). The van der Waals surface area contributed by atoms with Crippen molar-refractivity contribution in [2.45, 2.75) is 32.4 Å². The quantitative estimate of drug-likeness (QED) is 0.673. The van der Waals surface area contributed by atoms with Gasteiger partial charge in [-0.3, -0.25) is 9.59 Å². The standard InChI is InChI=1S/C11H17NO4/c1-7(2)16-6-10(13)12-9-4-3-8(5-9)11(14)15/h3-4,7-9H,5-6H2,1-2H3,(H,12,13)(H,14,15). The molecule has 0 heterocycles. The highest BCUT2D eigenvalue weighted by atomic mass is 16.5. The molecule has 5 nitrogen and oxygen atoms in total. The molecule has 2 N–H and O–H groups in total. The number of carbonyl (C=O) groups excluding carboxylic acids is 1. The fraction of sp³-hybridized carbons (Fsp3) is 0.636. The van der Waals surface area contributed by atoms with Crippen LogP contribution < -0.4 is 5.32 Å². The predicted molar refractivity (Wildman–Crippen MR) is 57.9 cm³/mol. The minimum Gasteiger partial charge on any atom is -0.481 e. The first kappa shape index (κ1) is 12.7. The van der Waals surface area contributed by atoms with Crippen molar-refractivity contribution in [3.63, 3.8) is 0 Å². The van der Waals surface area contributed by atoms with Crippen molar-refractivity contribution >= 4 is 11.9 Å². The van der Waals surface area contributed by atoms with Gasteiger partial charge in [0.1, 0.15) is 6.61 Å². The van der Waals surface area contributed by atoms with E-state index < -0.39 is 11.9 Å². The average molecular weight is 227 g/mol. The van der Waals surface area contributed by atoms with E-state index in [1.807, 2.05) is 13.8 Å². The number of carboxylic acids is 1. The van der Waals surface area contributed by atoms with Gasteiger partial charge in [0.05, 0.1) is 12.0 Å². The van der Waals surface area contributed by atoms with Crippen LogP contribution in [0, 0.1) is 5.92 Å². The normalized spacial score (nSPS) is 23.7. The number of aliphatic carboxylic acids is 1. The first-order chi connectivity index (χ1) is 7.49. The summed E-state index contributed by atoms with van der Waals surface area (Å²) >= 11 is 0. The van der Waals surface area contributed by atoms with Crippen LogP contribution in [0.1, 0.15) is 20.3 Å². The highest BCUT2D eigenvalue weighted by molar-refractivity contribution is 5.78. The fourth-order valence-electron chi connectivity index (χ4n) is 1.48. The van der Waals surface area contributed by atoms with Gasteiger partial charge in [0.2, 0.25) is 5.91 Å². The minimum absolute atomic E-state index is 0.0108. The maximum Gasteiger partial charge on any atom is 0.310 e. The molecule has 16 heavy (non-hydrogen) atoms. The van der Waals surface area contributed by atoms with Crippen LogP contribution >= 0.6 is 0 Å². The van der Waals surface area contributed by atoms with Gasteiger partial charge in [0, 0.05) is 6.04 Å². The van der Waals surface area contributed by atoms with E-state index in [1.54, 1.807) is 12.2 Å². The third-order valence-corrected chi connectivity index (χ3v) is 2.29. The van der Waals surface area contributed by atoms with Gasteiger partial charge in [-0.25, -0.2) is 0 Å². The van der Waals surface area contributed by atoms with E-state index in [0.717, 1.165) is 0 Å². The second-order valence-corrected chi connectivity index (χ2v) is 4.10. The van der Waals surface area contributed by atoms with Crippen LogP contribution in [0.5, 0.6) is 0 Å². The molecule has 0 radical (unpaired) electrons. The van der Waals surface area contributed by atoms with Gasteiger partial charge in [0.15, 0.2) is 0 Å². The number of nitrogens with one attached hydrogen (secondary N) is 1. The lowest BCUT2D eigenvalue weighted by atomic mass is 10.1. The van der Waals surface area contributed by atoms with Crippen molar-refractivity contribution in [1.82, 2.24) is 5.32 Å². The maximum atomic E-state index is 11.4. The van der Waals surface area contributed by atoms with Gasteiger partial charge >= 0.3 is 5.97 Å². The first-order valence-electron chi connectivity index (χ1n) is 5.31. The first-order valence-corrected chi connectivity index (χ1v) is 5.31. The third kappa shape index (κ3) is 4.02. The van der Waals surface area contributed by atoms with Crippen LogP contribution in [0.15, 0.2) is 12.2 Å². The summed E-state index contributed by atoms with van der Waals surface area (Å²) in [5, 5.41) is 11.5. The van der Waals surface area contributed by atoms with Crippen molar-refractivity contribution < 1.29 is 19.4 Å². The lowest BCUT2D eigenvalue weighted by Crippen LogP contribution is -2.36. The maximum absolute atomic E-state index is 11.4. The second-order valence-electron chi connectivity index (χ2n) is 4.10. The number of rotatable bonds is 5. The van der Waals surface area contributed by atoms with Gasteiger partial charge in [0.25, 0.3) is 0 Å². The van der Waals surface area contributed by atoms with Gasteiger partial charge in [-0.1, -0.05) is 12.2 Å².